The lowest BCUT2D eigenvalue weighted by molar-refractivity contribution is -0.384. The smallest absolute Gasteiger partial charge is 0.270 e. The number of rotatable bonds is 3. The summed E-state index contributed by atoms with van der Waals surface area (Å²) in [5, 5.41) is 13.4. The van der Waals surface area contributed by atoms with E-state index in [1.54, 1.807) is 12.1 Å². The number of carbonyl (C=O) groups excluding carboxylic acids is 2. The molecule has 1 N–H and O–H groups in total. The van der Waals surface area contributed by atoms with E-state index in [2.05, 4.69) is 5.32 Å². The molecule has 1 heterocycles. The second-order valence-corrected chi connectivity index (χ2v) is 4.65. The molecular weight excluding hydrogens is 274 g/mol. The molecule has 0 atom stereocenters. The zero-order valence-electron chi connectivity index (χ0n) is 11.3. The van der Waals surface area contributed by atoms with Gasteiger partial charge in [-0.25, -0.2) is 0 Å². The minimum Gasteiger partial charge on any atom is -0.354 e. The second-order valence-electron chi connectivity index (χ2n) is 4.65. The van der Waals surface area contributed by atoms with Crippen LogP contribution >= 0.6 is 0 Å². The first kappa shape index (κ1) is 14.7. The van der Waals surface area contributed by atoms with Crippen molar-refractivity contribution in [3.8, 4) is 0 Å². The van der Waals surface area contributed by atoms with Gasteiger partial charge in [0, 0.05) is 31.3 Å². The van der Waals surface area contributed by atoms with Crippen molar-refractivity contribution in [1.29, 1.82) is 0 Å². The molecule has 0 aliphatic carbocycles. The van der Waals surface area contributed by atoms with Gasteiger partial charge in [0.1, 0.15) is 0 Å². The lowest BCUT2D eigenvalue weighted by atomic mass is 10.2. The molecule has 1 saturated heterocycles. The van der Waals surface area contributed by atoms with E-state index in [9.17, 15) is 19.7 Å². The number of nitrogens with one attached hydrogen (secondary N) is 1. The summed E-state index contributed by atoms with van der Waals surface area (Å²) in [7, 11) is 0. The molecule has 2 amide bonds. The summed E-state index contributed by atoms with van der Waals surface area (Å²) in [6.07, 6.45) is 3.55. The van der Waals surface area contributed by atoms with Crippen LogP contribution in [-0.2, 0) is 9.59 Å². The van der Waals surface area contributed by atoms with Crippen molar-refractivity contribution in [3.63, 3.8) is 0 Å². The molecule has 1 aliphatic heterocycles. The van der Waals surface area contributed by atoms with Gasteiger partial charge in [-0.2, -0.15) is 0 Å². The highest BCUT2D eigenvalue weighted by Gasteiger charge is 2.17. The lowest BCUT2D eigenvalue weighted by Crippen LogP contribution is -2.36. The third-order valence-corrected chi connectivity index (χ3v) is 3.07. The first-order valence-corrected chi connectivity index (χ1v) is 6.54. The summed E-state index contributed by atoms with van der Waals surface area (Å²) in [6.45, 7) is 1.12. The van der Waals surface area contributed by atoms with E-state index >= 15 is 0 Å². The predicted molar refractivity (Wildman–Crippen MR) is 76.3 cm³/mol. The summed E-state index contributed by atoms with van der Waals surface area (Å²) in [5.74, 6) is -0.455. The van der Waals surface area contributed by atoms with E-state index in [0.717, 1.165) is 0 Å². The fraction of sp³-hybridized carbons (Fsp3) is 0.286. The van der Waals surface area contributed by atoms with Crippen molar-refractivity contribution in [3.05, 3.63) is 46.0 Å². The third kappa shape index (κ3) is 4.13. The third-order valence-electron chi connectivity index (χ3n) is 3.07. The zero-order chi connectivity index (χ0) is 15.2. The average Bonchev–Trinajstić information content (AvgIpc) is 2.69. The fourth-order valence-corrected chi connectivity index (χ4v) is 2.01. The van der Waals surface area contributed by atoms with Crippen LogP contribution in [0.3, 0.4) is 0 Å². The first-order chi connectivity index (χ1) is 10.1. The van der Waals surface area contributed by atoms with E-state index < -0.39 is 4.92 Å². The van der Waals surface area contributed by atoms with Crippen LogP contribution in [0, 0.1) is 10.1 Å². The largest absolute Gasteiger partial charge is 0.354 e. The van der Waals surface area contributed by atoms with Crippen molar-refractivity contribution < 1.29 is 14.5 Å². The van der Waals surface area contributed by atoms with Crippen molar-refractivity contribution in [2.45, 2.75) is 6.42 Å². The molecule has 21 heavy (non-hydrogen) atoms. The van der Waals surface area contributed by atoms with E-state index in [1.807, 2.05) is 0 Å². The highest BCUT2D eigenvalue weighted by molar-refractivity contribution is 5.94. The number of amides is 2. The normalized spacial score (nSPS) is 15.6. The fourth-order valence-electron chi connectivity index (χ4n) is 2.01. The highest BCUT2D eigenvalue weighted by Crippen LogP contribution is 2.14. The number of benzene rings is 1. The molecule has 1 aromatic rings. The Hall–Kier alpha value is -2.70. The predicted octanol–water partition coefficient (Wildman–Crippen LogP) is 0.957. The van der Waals surface area contributed by atoms with Crippen LogP contribution in [0.4, 0.5) is 5.69 Å². The number of non-ortho nitro benzene ring substituents is 1. The summed E-state index contributed by atoms with van der Waals surface area (Å²) in [6, 6.07) is 6.00. The lowest BCUT2D eigenvalue weighted by Gasteiger charge is -2.16. The van der Waals surface area contributed by atoms with Gasteiger partial charge in [0.05, 0.1) is 11.5 Å². The molecule has 0 saturated carbocycles. The Balaban J connectivity index is 2.06. The van der Waals surface area contributed by atoms with E-state index in [1.165, 1.54) is 29.2 Å². The van der Waals surface area contributed by atoms with Gasteiger partial charge < -0.3 is 10.2 Å². The first-order valence-electron chi connectivity index (χ1n) is 6.54. The number of nitro benzene ring substituents is 1. The summed E-state index contributed by atoms with van der Waals surface area (Å²) >= 11 is 0. The van der Waals surface area contributed by atoms with Crippen molar-refractivity contribution in [2.24, 2.45) is 0 Å². The van der Waals surface area contributed by atoms with Crippen LogP contribution in [0.5, 0.6) is 0 Å². The van der Waals surface area contributed by atoms with Gasteiger partial charge in [0.15, 0.2) is 0 Å². The van der Waals surface area contributed by atoms with Crippen LogP contribution in [-0.4, -0.2) is 41.3 Å². The van der Waals surface area contributed by atoms with E-state index in [-0.39, 0.29) is 24.0 Å². The quantitative estimate of drug-likeness (QED) is 0.509. The van der Waals surface area contributed by atoms with Crippen molar-refractivity contribution >= 4 is 23.6 Å². The summed E-state index contributed by atoms with van der Waals surface area (Å²) < 4.78 is 0. The number of hydrogen-bond donors (Lipinski definition) is 1. The maximum Gasteiger partial charge on any atom is 0.270 e. The Kier molecular flexibility index (Phi) is 4.65. The molecule has 1 fully saturated rings. The molecule has 110 valence electrons. The van der Waals surface area contributed by atoms with Crippen LogP contribution in [0.25, 0.3) is 6.08 Å². The zero-order valence-corrected chi connectivity index (χ0v) is 11.3. The van der Waals surface area contributed by atoms with Crippen molar-refractivity contribution in [1.82, 2.24) is 10.2 Å². The SMILES string of the molecule is O=C1CN(C(=O)C=Cc2cccc([N+](=O)[O-])c2)CCCN1. The Morgan fingerprint density at radius 1 is 1.43 bits per heavy atom. The Morgan fingerprint density at radius 3 is 3.00 bits per heavy atom. The van der Waals surface area contributed by atoms with Gasteiger partial charge in [-0.05, 0) is 18.1 Å². The van der Waals surface area contributed by atoms with Crippen LogP contribution in [0.1, 0.15) is 12.0 Å². The minimum atomic E-state index is -0.488. The van der Waals surface area contributed by atoms with Crippen LogP contribution in [0.15, 0.2) is 30.3 Å². The number of hydrogen-bond acceptors (Lipinski definition) is 4. The Bertz CT molecular complexity index is 598. The van der Waals surface area contributed by atoms with Crippen molar-refractivity contribution in [2.75, 3.05) is 19.6 Å². The monoisotopic (exact) mass is 289 g/mol. The maximum atomic E-state index is 12.0. The molecule has 2 rings (SSSR count). The van der Waals surface area contributed by atoms with Gasteiger partial charge in [-0.3, -0.25) is 19.7 Å². The minimum absolute atomic E-state index is 0.0289. The maximum absolute atomic E-state index is 12.0. The van der Waals surface area contributed by atoms with E-state index in [0.29, 0.717) is 25.1 Å². The molecule has 0 spiro atoms. The Labute approximate surface area is 121 Å². The van der Waals surface area contributed by atoms with Gasteiger partial charge in [0.2, 0.25) is 11.8 Å². The average molecular weight is 289 g/mol. The molecule has 1 aliphatic rings. The number of carbonyl (C=O) groups is 2. The molecule has 7 heteroatoms. The molecule has 0 aromatic heterocycles. The summed E-state index contributed by atoms with van der Waals surface area (Å²) in [5.41, 5.74) is 0.538. The number of nitrogens with zero attached hydrogens (tertiary/aromatic N) is 2. The molecule has 0 unspecified atom stereocenters. The van der Waals surface area contributed by atoms with Gasteiger partial charge in [0.25, 0.3) is 5.69 Å². The van der Waals surface area contributed by atoms with Gasteiger partial charge in [-0.15, -0.1) is 0 Å². The van der Waals surface area contributed by atoms with Gasteiger partial charge >= 0.3 is 0 Å². The summed E-state index contributed by atoms with van der Waals surface area (Å²) in [4.78, 5) is 35.0. The van der Waals surface area contributed by atoms with E-state index in [4.69, 9.17) is 0 Å². The second kappa shape index (κ2) is 6.65. The van der Waals surface area contributed by atoms with Gasteiger partial charge in [-0.1, -0.05) is 12.1 Å². The molecule has 7 nitrogen and oxygen atoms in total. The molecule has 0 bridgehead atoms. The molecular formula is C14H15N3O4. The molecule has 1 aromatic carbocycles. The van der Waals surface area contributed by atoms with Crippen LogP contribution in [0.2, 0.25) is 0 Å². The topological polar surface area (TPSA) is 92.5 Å². The van der Waals surface area contributed by atoms with Crippen LogP contribution < -0.4 is 5.32 Å². The number of nitro groups is 1. The Morgan fingerprint density at radius 2 is 2.24 bits per heavy atom. The standard InChI is InChI=1S/C14H15N3O4/c18-13-10-16(8-2-7-15-13)14(19)6-5-11-3-1-4-12(9-11)17(20)21/h1,3-6,9H,2,7-8,10H2,(H,15,18). The highest BCUT2D eigenvalue weighted by atomic mass is 16.6. The molecule has 0 radical (unpaired) electrons.